The molecular weight excluding hydrogens is 262 g/mol. The number of benzene rings is 1. The summed E-state index contributed by atoms with van der Waals surface area (Å²) in [4.78, 5) is 10.9. The number of nitrogens with zero attached hydrogens (tertiary/aromatic N) is 3. The molecule has 0 aliphatic carbocycles. The van der Waals surface area contributed by atoms with Crippen molar-refractivity contribution in [3.63, 3.8) is 0 Å². The first-order chi connectivity index (χ1) is 9.06. The molecule has 0 aliphatic rings. The Morgan fingerprint density at radius 3 is 2.84 bits per heavy atom. The van der Waals surface area contributed by atoms with Gasteiger partial charge in [0.05, 0.1) is 16.1 Å². The number of aromatic carboxylic acids is 1. The molecule has 3 rings (SSSR count). The van der Waals surface area contributed by atoms with Gasteiger partial charge in [0.2, 0.25) is 0 Å². The van der Waals surface area contributed by atoms with E-state index in [1.165, 1.54) is 11.5 Å². The number of aryl methyl sites for hydroxylation is 2. The molecule has 1 aromatic carbocycles. The van der Waals surface area contributed by atoms with Gasteiger partial charge in [-0.1, -0.05) is 6.07 Å². The first-order valence-electron chi connectivity index (χ1n) is 5.70. The highest BCUT2D eigenvalue weighted by Crippen LogP contribution is 2.28. The maximum Gasteiger partial charge on any atom is 0.356 e. The molecule has 0 atom stereocenters. The van der Waals surface area contributed by atoms with Gasteiger partial charge in [-0.2, -0.15) is 9.47 Å². The van der Waals surface area contributed by atoms with Crippen molar-refractivity contribution in [2.45, 2.75) is 6.92 Å². The van der Waals surface area contributed by atoms with Crippen molar-refractivity contribution in [3.05, 3.63) is 35.7 Å². The highest BCUT2D eigenvalue weighted by molar-refractivity contribution is 7.13. The van der Waals surface area contributed by atoms with Crippen molar-refractivity contribution in [1.82, 2.24) is 14.2 Å². The number of hydrogen-bond acceptors (Lipinski definition) is 4. The van der Waals surface area contributed by atoms with E-state index < -0.39 is 5.97 Å². The van der Waals surface area contributed by atoms with Crippen LogP contribution in [0.3, 0.4) is 0 Å². The van der Waals surface area contributed by atoms with Gasteiger partial charge < -0.3 is 5.11 Å². The van der Waals surface area contributed by atoms with Crippen LogP contribution in [-0.4, -0.2) is 25.2 Å². The molecule has 2 aromatic heterocycles. The third-order valence-electron chi connectivity index (χ3n) is 3.04. The molecule has 0 aliphatic heterocycles. The van der Waals surface area contributed by atoms with E-state index in [2.05, 4.69) is 9.47 Å². The molecule has 0 unspecified atom stereocenters. The number of fused-ring (bicyclic) bond motifs is 1. The van der Waals surface area contributed by atoms with Crippen LogP contribution < -0.4 is 0 Å². The van der Waals surface area contributed by atoms with E-state index in [1.807, 2.05) is 25.1 Å². The zero-order chi connectivity index (χ0) is 13.6. The fourth-order valence-corrected chi connectivity index (χ4v) is 2.83. The van der Waals surface area contributed by atoms with Crippen LogP contribution in [0.1, 0.15) is 16.2 Å². The van der Waals surface area contributed by atoms with Crippen molar-refractivity contribution in [1.29, 1.82) is 0 Å². The summed E-state index contributed by atoms with van der Waals surface area (Å²) in [6.07, 6.45) is 0. The molecule has 0 saturated carbocycles. The maximum atomic E-state index is 10.9. The highest BCUT2D eigenvalue weighted by atomic mass is 32.1. The topological polar surface area (TPSA) is 68.0 Å². The van der Waals surface area contributed by atoms with E-state index in [1.54, 1.807) is 17.8 Å². The van der Waals surface area contributed by atoms with E-state index in [0.29, 0.717) is 0 Å². The van der Waals surface area contributed by atoms with Gasteiger partial charge >= 0.3 is 5.97 Å². The maximum absolute atomic E-state index is 10.9. The van der Waals surface area contributed by atoms with Gasteiger partial charge in [-0.05, 0) is 36.7 Å². The van der Waals surface area contributed by atoms with E-state index in [9.17, 15) is 4.79 Å². The Morgan fingerprint density at radius 1 is 1.37 bits per heavy atom. The van der Waals surface area contributed by atoms with Crippen molar-refractivity contribution in [2.75, 3.05) is 0 Å². The lowest BCUT2D eigenvalue weighted by Gasteiger charge is -2.01. The third kappa shape index (κ3) is 1.90. The molecule has 19 heavy (non-hydrogen) atoms. The Hall–Kier alpha value is -2.21. The fourth-order valence-electron chi connectivity index (χ4n) is 2.06. The van der Waals surface area contributed by atoms with Gasteiger partial charge in [0.15, 0.2) is 5.69 Å². The molecule has 0 spiro atoms. The van der Waals surface area contributed by atoms with Crippen LogP contribution in [0.2, 0.25) is 0 Å². The van der Waals surface area contributed by atoms with Crippen LogP contribution in [0.25, 0.3) is 21.3 Å². The van der Waals surface area contributed by atoms with Crippen molar-refractivity contribution in [3.8, 4) is 11.3 Å². The lowest BCUT2D eigenvalue weighted by molar-refractivity contribution is 0.0689. The Kier molecular flexibility index (Phi) is 2.60. The molecule has 0 radical (unpaired) electrons. The first-order valence-corrected chi connectivity index (χ1v) is 6.47. The quantitative estimate of drug-likeness (QED) is 0.779. The largest absolute Gasteiger partial charge is 0.476 e. The van der Waals surface area contributed by atoms with Crippen molar-refractivity contribution in [2.24, 2.45) is 7.05 Å². The summed E-state index contributed by atoms with van der Waals surface area (Å²) in [7, 11) is 1.74. The molecule has 3 aromatic rings. The van der Waals surface area contributed by atoms with Crippen molar-refractivity contribution >= 4 is 27.6 Å². The van der Waals surface area contributed by atoms with Crippen LogP contribution in [0.5, 0.6) is 0 Å². The Balaban J connectivity index is 2.18. The van der Waals surface area contributed by atoms with Gasteiger partial charge in [0.1, 0.15) is 0 Å². The number of aromatic nitrogens is 3. The molecule has 96 valence electrons. The molecule has 0 fully saturated rings. The van der Waals surface area contributed by atoms with Crippen LogP contribution in [-0.2, 0) is 7.05 Å². The van der Waals surface area contributed by atoms with Crippen molar-refractivity contribution < 1.29 is 9.90 Å². The fraction of sp³-hybridized carbons (Fsp3) is 0.154. The number of carbonyl (C=O) groups is 1. The highest BCUT2D eigenvalue weighted by Gasteiger charge is 2.13. The summed E-state index contributed by atoms with van der Waals surface area (Å²) in [5.74, 6) is -1.02. The smallest absolute Gasteiger partial charge is 0.356 e. The summed E-state index contributed by atoms with van der Waals surface area (Å²) in [6.45, 7) is 1.97. The summed E-state index contributed by atoms with van der Waals surface area (Å²) in [5.41, 5.74) is 2.77. The van der Waals surface area contributed by atoms with Gasteiger partial charge in [0.25, 0.3) is 0 Å². The molecular formula is C13H11N3O2S. The number of carboxylic acids is 1. The normalized spacial score (nSPS) is 11.1. The second kappa shape index (κ2) is 4.17. The minimum absolute atomic E-state index is 0.0535. The molecule has 0 amide bonds. The van der Waals surface area contributed by atoms with Crippen LogP contribution in [0.4, 0.5) is 0 Å². The number of rotatable bonds is 2. The summed E-state index contributed by atoms with van der Waals surface area (Å²) in [5, 5.41) is 14.0. The SMILES string of the molecule is Cc1nsc2ccc(-c3cc(C(=O)O)nn3C)cc12. The van der Waals surface area contributed by atoms with Gasteiger partial charge in [-0.15, -0.1) is 0 Å². The summed E-state index contributed by atoms with van der Waals surface area (Å²) < 4.78 is 7.02. The predicted octanol–water partition coefficient (Wildman–Crippen LogP) is 2.70. The van der Waals surface area contributed by atoms with Crippen LogP contribution in [0.15, 0.2) is 24.3 Å². The van der Waals surface area contributed by atoms with Gasteiger partial charge in [0, 0.05) is 18.0 Å². The molecule has 5 nitrogen and oxygen atoms in total. The molecule has 1 N–H and O–H groups in total. The second-order valence-corrected chi connectivity index (χ2v) is 5.13. The van der Waals surface area contributed by atoms with Crippen LogP contribution >= 0.6 is 11.5 Å². The standard InChI is InChI=1S/C13H11N3O2S/c1-7-9-5-8(3-4-12(9)19-15-7)11-6-10(13(17)18)14-16(11)2/h3-6H,1-2H3,(H,17,18). The van der Waals surface area contributed by atoms with E-state index in [4.69, 9.17) is 5.11 Å². The van der Waals surface area contributed by atoms with Gasteiger partial charge in [-0.25, -0.2) is 4.79 Å². The first kappa shape index (κ1) is 11.9. The molecule has 6 heteroatoms. The Bertz CT molecular complexity index is 788. The van der Waals surface area contributed by atoms with Crippen LogP contribution in [0, 0.1) is 6.92 Å². The zero-order valence-electron chi connectivity index (χ0n) is 10.4. The second-order valence-electron chi connectivity index (χ2n) is 4.32. The Labute approximate surface area is 113 Å². The Morgan fingerprint density at radius 2 is 2.16 bits per heavy atom. The number of carboxylic acid groups (broad SMARTS) is 1. The average Bonchev–Trinajstić information content (AvgIpc) is 2.93. The van der Waals surface area contributed by atoms with E-state index in [0.717, 1.165) is 27.0 Å². The third-order valence-corrected chi connectivity index (χ3v) is 3.96. The number of hydrogen-bond donors (Lipinski definition) is 1. The van der Waals surface area contributed by atoms with E-state index >= 15 is 0 Å². The van der Waals surface area contributed by atoms with Gasteiger partial charge in [-0.3, -0.25) is 4.68 Å². The zero-order valence-corrected chi connectivity index (χ0v) is 11.2. The lowest BCUT2D eigenvalue weighted by Crippen LogP contribution is -1.99. The minimum atomic E-state index is -1.02. The molecule has 2 heterocycles. The van der Waals surface area contributed by atoms with E-state index in [-0.39, 0.29) is 5.69 Å². The minimum Gasteiger partial charge on any atom is -0.476 e. The monoisotopic (exact) mass is 273 g/mol. The average molecular weight is 273 g/mol. The molecule has 0 bridgehead atoms. The predicted molar refractivity (Wildman–Crippen MR) is 73.5 cm³/mol. The lowest BCUT2D eigenvalue weighted by atomic mass is 10.1. The molecule has 0 saturated heterocycles. The summed E-state index contributed by atoms with van der Waals surface area (Å²) >= 11 is 1.47. The summed E-state index contributed by atoms with van der Waals surface area (Å²) in [6, 6.07) is 7.57.